The topological polar surface area (TPSA) is 88.6 Å². The summed E-state index contributed by atoms with van der Waals surface area (Å²) in [7, 11) is -3.33. The van der Waals surface area contributed by atoms with Gasteiger partial charge in [0.15, 0.2) is 38.6 Å². The minimum absolute atomic E-state index is 0.119. The Kier molecular flexibility index (Phi) is 6.26. The molecule has 0 spiro atoms. The van der Waals surface area contributed by atoms with E-state index >= 15 is 0 Å². The lowest BCUT2D eigenvalue weighted by Crippen LogP contribution is -2.55. The quantitative estimate of drug-likeness (QED) is 0.616. The maximum Gasteiger partial charge on any atom is 0.263 e. The second kappa shape index (κ2) is 8.75. The highest BCUT2D eigenvalue weighted by atomic mass is 32.2. The van der Waals surface area contributed by atoms with E-state index in [0.29, 0.717) is 30.8 Å². The highest BCUT2D eigenvalue weighted by Gasteiger charge is 2.43. The largest absolute Gasteiger partial charge is 0.475 e. The lowest BCUT2D eigenvalue weighted by Gasteiger charge is -2.40. The first-order chi connectivity index (χ1) is 15.8. The van der Waals surface area contributed by atoms with E-state index in [2.05, 4.69) is 15.2 Å². The number of nitrogens with zero attached hydrogens (tertiary/aromatic N) is 2. The predicted octanol–water partition coefficient (Wildman–Crippen LogP) is 3.38. The number of carbonyl (C=O) groups excluding carboxylic acids is 1. The smallest absolute Gasteiger partial charge is 0.263 e. The maximum absolute atomic E-state index is 14.0. The molecule has 0 saturated carbocycles. The van der Waals surface area contributed by atoms with Gasteiger partial charge in [-0.1, -0.05) is 0 Å². The molecule has 0 radical (unpaired) electrons. The summed E-state index contributed by atoms with van der Waals surface area (Å²) in [5.74, 6) is -4.05. The monoisotopic (exact) mass is 497 g/mol. The molecule has 3 heterocycles. The number of hydrogen-bond acceptors (Lipinski definition) is 6. The number of hydrogen-bond donors (Lipinski definition) is 1. The number of aromatic nitrogens is 1. The van der Waals surface area contributed by atoms with Crippen LogP contribution < -0.4 is 15.0 Å². The molecule has 0 aliphatic carbocycles. The number of ether oxygens (including phenoxy) is 1. The molecule has 1 amide bonds. The highest BCUT2D eigenvalue weighted by molar-refractivity contribution is 7.90. The Morgan fingerprint density at radius 2 is 1.71 bits per heavy atom. The molecule has 2 aromatic rings. The van der Waals surface area contributed by atoms with Crippen molar-refractivity contribution in [2.24, 2.45) is 0 Å². The lowest BCUT2D eigenvalue weighted by molar-refractivity contribution is -0.135. The number of sulfone groups is 1. The number of benzene rings is 1. The van der Waals surface area contributed by atoms with Crippen LogP contribution in [-0.2, 0) is 14.6 Å². The summed E-state index contributed by atoms with van der Waals surface area (Å²) in [6.07, 6.45) is 5.60. The number of carbonyl (C=O) groups is 1. The van der Waals surface area contributed by atoms with E-state index in [1.807, 2.05) is 0 Å². The molecule has 4 rings (SSSR count). The summed E-state index contributed by atoms with van der Waals surface area (Å²) in [4.78, 5) is 19.6. The van der Waals surface area contributed by atoms with Crippen LogP contribution >= 0.6 is 0 Å². The number of nitrogens with one attached hydrogen (secondary N) is 1. The fraction of sp³-hybridized carbons (Fsp3) is 0.478. The molecule has 7 nitrogen and oxygen atoms in total. The molecule has 1 aromatic carbocycles. The SMILES string of the molecule is CC(C)(Oc1cc(F)c(F)cc1F)C(=O)NC1C[C@H]2CC[C@@H](C1)N2c1ccc(S(C)(=O)=O)cn1. The second-order valence-electron chi connectivity index (χ2n) is 9.37. The van der Waals surface area contributed by atoms with Crippen LogP contribution in [0.15, 0.2) is 35.4 Å². The first-order valence-electron chi connectivity index (χ1n) is 10.9. The third-order valence-electron chi connectivity index (χ3n) is 6.37. The Hall–Kier alpha value is -2.82. The minimum Gasteiger partial charge on any atom is -0.475 e. The summed E-state index contributed by atoms with van der Waals surface area (Å²) in [6.45, 7) is 2.86. The van der Waals surface area contributed by atoms with Crippen LogP contribution in [-0.4, -0.2) is 49.3 Å². The van der Waals surface area contributed by atoms with Crippen molar-refractivity contribution in [3.05, 3.63) is 47.9 Å². The molecule has 2 aliphatic heterocycles. The van der Waals surface area contributed by atoms with Crippen LogP contribution in [0, 0.1) is 17.5 Å². The van der Waals surface area contributed by atoms with Crippen LogP contribution in [0.25, 0.3) is 0 Å². The van der Waals surface area contributed by atoms with Gasteiger partial charge in [-0.2, -0.15) is 0 Å². The fourth-order valence-electron chi connectivity index (χ4n) is 4.68. The van der Waals surface area contributed by atoms with E-state index in [1.165, 1.54) is 20.0 Å². The second-order valence-corrected chi connectivity index (χ2v) is 11.4. The molecule has 184 valence electrons. The summed E-state index contributed by atoms with van der Waals surface area (Å²) in [5.41, 5.74) is -1.52. The zero-order valence-electron chi connectivity index (χ0n) is 19.0. The summed E-state index contributed by atoms with van der Waals surface area (Å²) >= 11 is 0. The Morgan fingerprint density at radius 3 is 2.26 bits per heavy atom. The third kappa shape index (κ3) is 4.84. The molecular weight excluding hydrogens is 471 g/mol. The number of fused-ring (bicyclic) bond motifs is 2. The van der Waals surface area contributed by atoms with Gasteiger partial charge in [-0.05, 0) is 51.7 Å². The van der Waals surface area contributed by atoms with E-state index in [-0.39, 0.29) is 23.0 Å². The number of pyridine rings is 1. The molecular formula is C23H26F3N3O4S. The van der Waals surface area contributed by atoms with Crippen LogP contribution in [0.5, 0.6) is 5.75 Å². The van der Waals surface area contributed by atoms with Gasteiger partial charge in [-0.3, -0.25) is 4.79 Å². The maximum atomic E-state index is 14.0. The number of anilines is 1. The Bertz CT molecular complexity index is 1190. The number of halogens is 3. The lowest BCUT2D eigenvalue weighted by atomic mass is 9.96. The van der Waals surface area contributed by atoms with Gasteiger partial charge in [0.05, 0.1) is 4.90 Å². The average molecular weight is 498 g/mol. The van der Waals surface area contributed by atoms with Crippen molar-refractivity contribution < 1.29 is 31.1 Å². The molecule has 11 heteroatoms. The standard InChI is InChI=1S/C23H26F3N3O4S/c1-23(2,33-20-11-18(25)17(24)10-19(20)26)22(30)28-13-8-14-4-5-15(9-13)29(14)21-7-6-16(12-27-21)34(3,31)32/h6-7,10-15H,4-5,8-9H2,1-3H3,(H,28,30)/t13?,14-,15+. The van der Waals surface area contributed by atoms with Crippen molar-refractivity contribution in [2.75, 3.05) is 11.2 Å². The van der Waals surface area contributed by atoms with Crippen molar-refractivity contribution in [1.29, 1.82) is 0 Å². The molecule has 3 atom stereocenters. The van der Waals surface area contributed by atoms with Gasteiger partial charge in [-0.15, -0.1) is 0 Å². The Morgan fingerprint density at radius 1 is 1.09 bits per heavy atom. The minimum atomic E-state index is -3.33. The number of rotatable bonds is 6. The summed E-state index contributed by atoms with van der Waals surface area (Å²) < 4.78 is 69.5. The van der Waals surface area contributed by atoms with Gasteiger partial charge >= 0.3 is 0 Å². The van der Waals surface area contributed by atoms with Crippen molar-refractivity contribution in [2.45, 2.75) is 68.2 Å². The third-order valence-corrected chi connectivity index (χ3v) is 7.47. The van der Waals surface area contributed by atoms with Crippen LogP contribution in [0.4, 0.5) is 19.0 Å². The molecule has 1 aromatic heterocycles. The molecule has 2 aliphatic rings. The molecule has 2 fully saturated rings. The Balaban J connectivity index is 1.42. The number of amides is 1. The molecule has 2 bridgehead atoms. The first-order valence-corrected chi connectivity index (χ1v) is 12.8. The van der Waals surface area contributed by atoms with Crippen LogP contribution in [0.3, 0.4) is 0 Å². The van der Waals surface area contributed by atoms with Crippen LogP contribution in [0.2, 0.25) is 0 Å². The van der Waals surface area contributed by atoms with Gasteiger partial charge in [-0.25, -0.2) is 26.6 Å². The van der Waals surface area contributed by atoms with E-state index < -0.39 is 44.5 Å². The van der Waals surface area contributed by atoms with Crippen molar-refractivity contribution >= 4 is 21.6 Å². The van der Waals surface area contributed by atoms with Gasteiger partial charge in [0.2, 0.25) is 0 Å². The van der Waals surface area contributed by atoms with E-state index in [9.17, 15) is 26.4 Å². The van der Waals surface area contributed by atoms with E-state index in [1.54, 1.807) is 12.1 Å². The summed E-state index contributed by atoms with van der Waals surface area (Å²) in [6, 6.07) is 4.29. The zero-order valence-corrected chi connectivity index (χ0v) is 19.8. The zero-order chi connectivity index (χ0) is 24.8. The van der Waals surface area contributed by atoms with Gasteiger partial charge in [0, 0.05) is 42.7 Å². The molecule has 1 N–H and O–H groups in total. The van der Waals surface area contributed by atoms with E-state index in [4.69, 9.17) is 4.74 Å². The average Bonchev–Trinajstić information content (AvgIpc) is 3.01. The van der Waals surface area contributed by atoms with Crippen LogP contribution in [0.1, 0.15) is 39.5 Å². The number of piperidine rings is 1. The first kappa shape index (κ1) is 24.3. The molecule has 2 saturated heterocycles. The predicted molar refractivity (Wildman–Crippen MR) is 119 cm³/mol. The van der Waals surface area contributed by atoms with Gasteiger partial charge in [0.1, 0.15) is 5.82 Å². The van der Waals surface area contributed by atoms with Crippen molar-refractivity contribution in [3.8, 4) is 5.75 Å². The van der Waals surface area contributed by atoms with Crippen molar-refractivity contribution in [3.63, 3.8) is 0 Å². The van der Waals surface area contributed by atoms with Gasteiger partial charge in [0.25, 0.3) is 5.91 Å². The molecule has 34 heavy (non-hydrogen) atoms. The molecule has 1 unspecified atom stereocenters. The normalized spacial score (nSPS) is 22.5. The van der Waals surface area contributed by atoms with Gasteiger partial charge < -0.3 is 15.0 Å². The van der Waals surface area contributed by atoms with Crippen molar-refractivity contribution in [1.82, 2.24) is 10.3 Å². The fourth-order valence-corrected chi connectivity index (χ4v) is 5.24. The Labute approximate surface area is 196 Å². The summed E-state index contributed by atoms with van der Waals surface area (Å²) in [5, 5.41) is 2.95. The van der Waals surface area contributed by atoms with E-state index in [0.717, 1.165) is 19.1 Å². The highest BCUT2D eigenvalue weighted by Crippen LogP contribution is 2.39.